The minimum Gasteiger partial charge on any atom is -0.308 e. The minimum atomic E-state index is 0.387. The second-order valence-corrected chi connectivity index (χ2v) is 7.56. The van der Waals surface area contributed by atoms with Gasteiger partial charge in [0, 0.05) is 30.2 Å². The van der Waals surface area contributed by atoms with Gasteiger partial charge in [0.1, 0.15) is 0 Å². The molecule has 1 N–H and O–H groups in total. The first-order valence-electron chi connectivity index (χ1n) is 8.01. The molecular formula is C16H30N2. The van der Waals surface area contributed by atoms with Gasteiger partial charge in [0.05, 0.1) is 0 Å². The number of piperazine rings is 1. The normalized spacial score (nSPS) is 44.0. The molecule has 0 aromatic carbocycles. The van der Waals surface area contributed by atoms with E-state index in [1.807, 2.05) is 0 Å². The summed E-state index contributed by atoms with van der Waals surface area (Å²) >= 11 is 0. The van der Waals surface area contributed by atoms with E-state index in [1.165, 1.54) is 45.2 Å². The lowest BCUT2D eigenvalue weighted by Crippen LogP contribution is -2.71. The monoisotopic (exact) mass is 250 g/mol. The average molecular weight is 250 g/mol. The molecule has 1 heterocycles. The van der Waals surface area contributed by atoms with Crippen molar-refractivity contribution in [2.24, 2.45) is 11.8 Å². The highest BCUT2D eigenvalue weighted by Crippen LogP contribution is 2.49. The van der Waals surface area contributed by atoms with E-state index in [0.717, 1.165) is 17.9 Å². The molecule has 0 aromatic heterocycles. The summed E-state index contributed by atoms with van der Waals surface area (Å²) in [4.78, 5) is 2.86. The largest absolute Gasteiger partial charge is 0.308 e. The molecule has 1 saturated heterocycles. The van der Waals surface area contributed by atoms with Crippen LogP contribution in [0.1, 0.15) is 59.8 Å². The second-order valence-electron chi connectivity index (χ2n) is 7.56. The first-order chi connectivity index (χ1) is 8.49. The van der Waals surface area contributed by atoms with Crippen LogP contribution in [0.25, 0.3) is 0 Å². The Morgan fingerprint density at radius 2 is 1.78 bits per heavy atom. The van der Waals surface area contributed by atoms with Crippen LogP contribution < -0.4 is 5.32 Å². The van der Waals surface area contributed by atoms with Crippen molar-refractivity contribution in [1.82, 2.24) is 10.2 Å². The van der Waals surface area contributed by atoms with E-state index in [1.54, 1.807) is 0 Å². The minimum absolute atomic E-state index is 0.387. The fourth-order valence-corrected chi connectivity index (χ4v) is 4.03. The van der Waals surface area contributed by atoms with Crippen molar-refractivity contribution in [1.29, 1.82) is 0 Å². The zero-order chi connectivity index (χ0) is 13.0. The predicted molar refractivity (Wildman–Crippen MR) is 76.7 cm³/mol. The van der Waals surface area contributed by atoms with E-state index in [2.05, 4.69) is 37.9 Å². The van der Waals surface area contributed by atoms with Crippen LogP contribution in [0.5, 0.6) is 0 Å². The molecule has 104 valence electrons. The zero-order valence-electron chi connectivity index (χ0n) is 12.6. The molecule has 0 aromatic rings. The molecule has 0 bridgehead atoms. The van der Waals surface area contributed by atoms with E-state index in [0.29, 0.717) is 11.1 Å². The lowest BCUT2D eigenvalue weighted by molar-refractivity contribution is -0.0281. The Kier molecular flexibility index (Phi) is 3.02. The van der Waals surface area contributed by atoms with Crippen molar-refractivity contribution in [2.75, 3.05) is 13.1 Å². The first-order valence-corrected chi connectivity index (χ1v) is 8.01. The molecule has 2 saturated carbocycles. The molecule has 3 rings (SSSR count). The maximum atomic E-state index is 3.94. The van der Waals surface area contributed by atoms with Gasteiger partial charge in [-0.25, -0.2) is 0 Å². The highest BCUT2D eigenvalue weighted by Gasteiger charge is 2.54. The van der Waals surface area contributed by atoms with E-state index in [9.17, 15) is 0 Å². The molecule has 18 heavy (non-hydrogen) atoms. The summed E-state index contributed by atoms with van der Waals surface area (Å²) in [6.07, 6.45) is 7.07. The van der Waals surface area contributed by atoms with Crippen LogP contribution in [0.3, 0.4) is 0 Å². The van der Waals surface area contributed by atoms with Crippen molar-refractivity contribution >= 4 is 0 Å². The second kappa shape index (κ2) is 4.21. The Morgan fingerprint density at radius 1 is 1.17 bits per heavy atom. The van der Waals surface area contributed by atoms with Crippen molar-refractivity contribution in [2.45, 2.75) is 76.9 Å². The summed E-state index contributed by atoms with van der Waals surface area (Å²) in [5, 5.41) is 3.94. The van der Waals surface area contributed by atoms with Gasteiger partial charge in [-0.15, -0.1) is 0 Å². The van der Waals surface area contributed by atoms with Crippen LogP contribution in [-0.2, 0) is 0 Å². The van der Waals surface area contributed by atoms with E-state index >= 15 is 0 Å². The third-order valence-electron chi connectivity index (χ3n) is 6.06. The van der Waals surface area contributed by atoms with Crippen LogP contribution in [-0.4, -0.2) is 35.1 Å². The summed E-state index contributed by atoms with van der Waals surface area (Å²) in [5.41, 5.74) is 0.807. The van der Waals surface area contributed by atoms with Crippen LogP contribution in [0.15, 0.2) is 0 Å². The van der Waals surface area contributed by atoms with Gasteiger partial charge >= 0.3 is 0 Å². The fraction of sp³-hybridized carbons (Fsp3) is 1.00. The predicted octanol–water partition coefficient (Wildman–Crippen LogP) is 3.03. The van der Waals surface area contributed by atoms with Crippen molar-refractivity contribution < 1.29 is 0 Å². The molecule has 0 radical (unpaired) electrons. The Bertz CT molecular complexity index is 321. The van der Waals surface area contributed by atoms with Gasteiger partial charge in [-0.1, -0.05) is 6.92 Å². The summed E-state index contributed by atoms with van der Waals surface area (Å²) in [6, 6.07) is 0.732. The lowest BCUT2D eigenvalue weighted by Gasteiger charge is -2.55. The van der Waals surface area contributed by atoms with E-state index in [4.69, 9.17) is 0 Å². The van der Waals surface area contributed by atoms with Crippen LogP contribution in [0.4, 0.5) is 0 Å². The summed E-state index contributed by atoms with van der Waals surface area (Å²) < 4.78 is 0. The molecule has 3 atom stereocenters. The smallest absolute Gasteiger partial charge is 0.0337 e. The van der Waals surface area contributed by atoms with Gasteiger partial charge in [0.15, 0.2) is 0 Å². The number of nitrogens with zero attached hydrogens (tertiary/aromatic N) is 1. The number of nitrogens with one attached hydrogen (secondary N) is 1. The average Bonchev–Trinajstić information content (AvgIpc) is 3.20. The number of hydrogen-bond donors (Lipinski definition) is 1. The summed E-state index contributed by atoms with van der Waals surface area (Å²) in [7, 11) is 0. The maximum Gasteiger partial charge on any atom is 0.0337 e. The molecule has 3 aliphatic rings. The van der Waals surface area contributed by atoms with Gasteiger partial charge in [-0.2, -0.15) is 0 Å². The molecule has 3 fully saturated rings. The molecule has 0 spiro atoms. The van der Waals surface area contributed by atoms with Crippen LogP contribution in [0, 0.1) is 11.8 Å². The van der Waals surface area contributed by atoms with E-state index in [-0.39, 0.29) is 0 Å². The third kappa shape index (κ3) is 2.02. The third-order valence-corrected chi connectivity index (χ3v) is 6.06. The molecule has 1 aliphatic heterocycles. The van der Waals surface area contributed by atoms with Gasteiger partial charge in [0.2, 0.25) is 0 Å². The van der Waals surface area contributed by atoms with Crippen molar-refractivity contribution in [3.8, 4) is 0 Å². The Labute approximate surface area is 113 Å². The van der Waals surface area contributed by atoms with E-state index < -0.39 is 0 Å². The quantitative estimate of drug-likeness (QED) is 0.825. The Hall–Kier alpha value is -0.0800. The summed E-state index contributed by atoms with van der Waals surface area (Å²) in [6.45, 7) is 12.2. The molecule has 3 unspecified atom stereocenters. The van der Waals surface area contributed by atoms with Gasteiger partial charge in [0.25, 0.3) is 0 Å². The standard InChI is InChI=1S/C16H30N2/c1-5-12(2)18-11-15(3,13-6-7-13)17-10-16(18,4)14-8-9-14/h12-14,17H,5-11H2,1-4H3. The number of hydrogen-bond acceptors (Lipinski definition) is 2. The van der Waals surface area contributed by atoms with Crippen molar-refractivity contribution in [3.05, 3.63) is 0 Å². The molecule has 0 amide bonds. The van der Waals surface area contributed by atoms with Gasteiger partial charge in [-0.05, 0) is 64.7 Å². The first kappa shape index (κ1) is 12.9. The maximum absolute atomic E-state index is 3.94. The zero-order valence-corrected chi connectivity index (χ0v) is 12.6. The molecule has 2 heteroatoms. The highest BCUT2D eigenvalue weighted by atomic mass is 15.3. The molecule has 2 nitrogen and oxygen atoms in total. The molecular weight excluding hydrogens is 220 g/mol. The molecule has 2 aliphatic carbocycles. The Morgan fingerprint density at radius 3 is 2.28 bits per heavy atom. The van der Waals surface area contributed by atoms with Crippen LogP contribution >= 0.6 is 0 Å². The fourth-order valence-electron chi connectivity index (χ4n) is 4.03. The van der Waals surface area contributed by atoms with Gasteiger partial charge < -0.3 is 5.32 Å². The number of rotatable bonds is 4. The SMILES string of the molecule is CCC(C)N1CC(C)(C2CC2)NCC1(C)C1CC1. The highest BCUT2D eigenvalue weighted by molar-refractivity contribution is 5.12. The van der Waals surface area contributed by atoms with Gasteiger partial charge in [-0.3, -0.25) is 4.90 Å². The Balaban J connectivity index is 1.81. The summed E-state index contributed by atoms with van der Waals surface area (Å²) in [5.74, 6) is 1.88. The van der Waals surface area contributed by atoms with Crippen LogP contribution in [0.2, 0.25) is 0 Å². The lowest BCUT2D eigenvalue weighted by atomic mass is 9.81. The van der Waals surface area contributed by atoms with Crippen molar-refractivity contribution in [3.63, 3.8) is 0 Å². The topological polar surface area (TPSA) is 15.3 Å².